The number of hydrogen-bond acceptors (Lipinski definition) is 8. The Kier molecular flexibility index (Phi) is 8.88. The van der Waals surface area contributed by atoms with E-state index >= 15 is 0 Å². The summed E-state index contributed by atoms with van der Waals surface area (Å²) in [5.41, 5.74) is 4.40. The minimum Gasteiger partial charge on any atom is -0.356 e. The summed E-state index contributed by atoms with van der Waals surface area (Å²) in [6, 6.07) is 11.4. The predicted molar refractivity (Wildman–Crippen MR) is 152 cm³/mol. The molecule has 0 aliphatic carbocycles. The number of anilines is 2. The van der Waals surface area contributed by atoms with Crippen molar-refractivity contribution in [2.24, 2.45) is 5.92 Å². The van der Waals surface area contributed by atoms with Crippen molar-refractivity contribution in [1.82, 2.24) is 29.7 Å². The van der Waals surface area contributed by atoms with E-state index in [0.717, 1.165) is 48.9 Å². The fourth-order valence-electron chi connectivity index (χ4n) is 5.14. The van der Waals surface area contributed by atoms with Gasteiger partial charge in [-0.05, 0) is 87.2 Å². The number of nitrogens with one attached hydrogen (secondary N) is 2. The quantitative estimate of drug-likeness (QED) is 0.341. The van der Waals surface area contributed by atoms with Crippen LogP contribution in [0, 0.1) is 5.92 Å². The maximum atomic E-state index is 12.6. The van der Waals surface area contributed by atoms with Crippen LogP contribution in [0.2, 0.25) is 0 Å². The van der Waals surface area contributed by atoms with Crippen LogP contribution >= 0.6 is 0 Å². The van der Waals surface area contributed by atoms with Gasteiger partial charge in [0.05, 0.1) is 0 Å². The molecule has 0 radical (unpaired) electrons. The van der Waals surface area contributed by atoms with Crippen LogP contribution in [0.1, 0.15) is 49.0 Å². The summed E-state index contributed by atoms with van der Waals surface area (Å²) in [7, 11) is 0. The molecule has 2 aliphatic heterocycles. The highest BCUT2D eigenvalue weighted by atomic mass is 16.6. The Hall–Kier alpha value is -3.31. The number of aliphatic hydroxyl groups excluding tert-OH is 1. The number of ether oxygens (including phenoxy) is 1. The summed E-state index contributed by atoms with van der Waals surface area (Å²) >= 11 is 0. The third-order valence-corrected chi connectivity index (χ3v) is 7.57. The molecule has 3 aromatic rings. The van der Waals surface area contributed by atoms with Crippen molar-refractivity contribution in [2.45, 2.75) is 39.5 Å². The Morgan fingerprint density at radius 1 is 1.18 bits per heavy atom. The minimum absolute atomic E-state index is 0.0597. The summed E-state index contributed by atoms with van der Waals surface area (Å²) in [6.07, 6.45) is 6.36. The van der Waals surface area contributed by atoms with E-state index in [2.05, 4.69) is 33.6 Å². The van der Waals surface area contributed by atoms with Crippen LogP contribution in [0.5, 0.6) is 0 Å². The molecule has 0 spiro atoms. The van der Waals surface area contributed by atoms with Gasteiger partial charge >= 0.3 is 0 Å². The number of rotatable bonds is 10. The molecule has 1 amide bonds. The molecule has 4 heterocycles. The third kappa shape index (κ3) is 6.83. The molecule has 3 N–H and O–H groups in total. The van der Waals surface area contributed by atoms with E-state index in [9.17, 15) is 9.90 Å². The molecule has 5 rings (SSSR count). The zero-order valence-corrected chi connectivity index (χ0v) is 22.8. The molecule has 1 unspecified atom stereocenters. The van der Waals surface area contributed by atoms with Crippen LogP contribution in [0.15, 0.2) is 48.7 Å². The lowest BCUT2D eigenvalue weighted by molar-refractivity contribution is -0.187. The van der Waals surface area contributed by atoms with E-state index in [1.54, 1.807) is 4.52 Å². The third-order valence-electron chi connectivity index (χ3n) is 7.57. The highest BCUT2D eigenvalue weighted by Crippen LogP contribution is 2.27. The smallest absolute Gasteiger partial charge is 0.251 e. The Morgan fingerprint density at radius 3 is 2.69 bits per heavy atom. The monoisotopic (exact) mass is 533 g/mol. The maximum Gasteiger partial charge on any atom is 0.251 e. The van der Waals surface area contributed by atoms with Crippen LogP contribution < -0.4 is 10.6 Å². The average molecular weight is 534 g/mol. The molecule has 208 valence electrons. The van der Waals surface area contributed by atoms with E-state index in [1.807, 2.05) is 54.4 Å². The highest BCUT2D eigenvalue weighted by Gasteiger charge is 2.21. The molecule has 1 aromatic carbocycles. The fraction of sp³-hybridized carbons (Fsp3) is 0.483. The van der Waals surface area contributed by atoms with Crippen LogP contribution in [0.4, 0.5) is 11.6 Å². The number of carbonyl (C=O) groups is 1. The van der Waals surface area contributed by atoms with Gasteiger partial charge in [-0.3, -0.25) is 9.69 Å². The van der Waals surface area contributed by atoms with E-state index in [4.69, 9.17) is 9.72 Å². The lowest BCUT2D eigenvalue weighted by Crippen LogP contribution is -2.40. The zero-order valence-electron chi connectivity index (χ0n) is 22.8. The Morgan fingerprint density at radius 2 is 1.97 bits per heavy atom. The van der Waals surface area contributed by atoms with Gasteiger partial charge in [-0.15, -0.1) is 5.10 Å². The predicted octanol–water partition coefficient (Wildman–Crippen LogP) is 3.34. The number of likely N-dealkylation sites (tertiary alicyclic amines) is 1. The first-order valence-corrected chi connectivity index (χ1v) is 14.0. The second-order valence-corrected chi connectivity index (χ2v) is 10.4. The second kappa shape index (κ2) is 12.7. The van der Waals surface area contributed by atoms with Crippen molar-refractivity contribution in [3.63, 3.8) is 0 Å². The standard InChI is InChI=1S/C29H39N7O3/c1-3-39-29(38)35-18-12-22(13-19-35)25-5-4-15-36-26(25)32-28(33-36)31-24-8-6-23(7-9-24)27(37)30-14-20-34-16-10-21(2)11-17-34/h4-9,12,15,21,29,38H,3,10-11,13-14,16-20H2,1-2H3,(H,30,37)(H,31,33). The van der Waals surface area contributed by atoms with Crippen molar-refractivity contribution in [3.05, 3.63) is 59.8 Å². The molecule has 0 bridgehead atoms. The maximum absolute atomic E-state index is 12.6. The normalized spacial score (nSPS) is 18.2. The van der Waals surface area contributed by atoms with E-state index < -0.39 is 6.41 Å². The summed E-state index contributed by atoms with van der Waals surface area (Å²) in [6.45, 7) is 9.73. The number of amides is 1. The molecule has 39 heavy (non-hydrogen) atoms. The van der Waals surface area contributed by atoms with Crippen LogP contribution in [-0.4, -0.2) is 87.7 Å². The van der Waals surface area contributed by atoms with Crippen LogP contribution in [-0.2, 0) is 4.74 Å². The molecule has 1 saturated heterocycles. The van der Waals surface area contributed by atoms with E-state index in [-0.39, 0.29) is 5.91 Å². The minimum atomic E-state index is -0.881. The van der Waals surface area contributed by atoms with Crippen LogP contribution in [0.3, 0.4) is 0 Å². The number of nitrogens with zero attached hydrogens (tertiary/aromatic N) is 5. The van der Waals surface area contributed by atoms with Crippen molar-refractivity contribution < 1.29 is 14.6 Å². The molecule has 10 nitrogen and oxygen atoms in total. The summed E-state index contributed by atoms with van der Waals surface area (Å²) < 4.78 is 7.08. The molecule has 1 fully saturated rings. The van der Waals surface area contributed by atoms with Crippen molar-refractivity contribution in [1.29, 1.82) is 0 Å². The van der Waals surface area contributed by atoms with Gasteiger partial charge in [0, 0.05) is 55.8 Å². The Balaban J connectivity index is 1.18. The first-order chi connectivity index (χ1) is 19.0. The first-order valence-electron chi connectivity index (χ1n) is 14.0. The van der Waals surface area contributed by atoms with Gasteiger partial charge in [0.2, 0.25) is 12.4 Å². The van der Waals surface area contributed by atoms with Gasteiger partial charge < -0.3 is 25.4 Å². The summed E-state index contributed by atoms with van der Waals surface area (Å²) in [5, 5.41) is 21.0. The Labute approximate surface area is 229 Å². The summed E-state index contributed by atoms with van der Waals surface area (Å²) in [5.74, 6) is 1.24. The fourth-order valence-corrected chi connectivity index (χ4v) is 5.14. The number of benzene rings is 1. The molecule has 10 heteroatoms. The van der Waals surface area contributed by atoms with Gasteiger partial charge in [0.25, 0.3) is 5.91 Å². The van der Waals surface area contributed by atoms with Crippen molar-refractivity contribution in [2.75, 3.05) is 51.2 Å². The number of aromatic nitrogens is 3. The van der Waals surface area contributed by atoms with Crippen LogP contribution in [0.25, 0.3) is 11.2 Å². The number of hydrogen-bond donors (Lipinski definition) is 3. The largest absolute Gasteiger partial charge is 0.356 e. The Bertz CT molecular complexity index is 1280. The van der Waals surface area contributed by atoms with Crippen molar-refractivity contribution in [3.8, 4) is 0 Å². The van der Waals surface area contributed by atoms with E-state index in [0.29, 0.717) is 37.8 Å². The molecular formula is C29H39N7O3. The number of piperidine rings is 1. The first kappa shape index (κ1) is 27.3. The molecule has 2 aliphatic rings. The molecule has 2 aromatic heterocycles. The van der Waals surface area contributed by atoms with Gasteiger partial charge in [-0.1, -0.05) is 13.0 Å². The lowest BCUT2D eigenvalue weighted by Gasteiger charge is -2.30. The van der Waals surface area contributed by atoms with Crippen molar-refractivity contribution >= 4 is 28.8 Å². The molecule has 1 atom stereocenters. The average Bonchev–Trinajstić information content (AvgIpc) is 3.37. The van der Waals surface area contributed by atoms with Gasteiger partial charge in [0.1, 0.15) is 0 Å². The highest BCUT2D eigenvalue weighted by molar-refractivity contribution is 5.94. The van der Waals surface area contributed by atoms with E-state index in [1.165, 1.54) is 18.4 Å². The number of aliphatic hydroxyl groups is 1. The molecule has 0 saturated carbocycles. The topological polar surface area (TPSA) is 107 Å². The zero-order chi connectivity index (χ0) is 27.2. The SMILES string of the molecule is CCOC(O)N1CC=C(c2cccn3nc(Nc4ccc(C(=O)NCCN5CCC(C)CC5)cc4)nc23)CC1. The number of fused-ring (bicyclic) bond motifs is 1. The number of carbonyl (C=O) groups excluding carboxylic acids is 1. The van der Waals surface area contributed by atoms with Gasteiger partial charge in [0.15, 0.2) is 5.65 Å². The van der Waals surface area contributed by atoms with Gasteiger partial charge in [-0.2, -0.15) is 4.98 Å². The molecular weight excluding hydrogens is 494 g/mol. The second-order valence-electron chi connectivity index (χ2n) is 10.4. The lowest BCUT2D eigenvalue weighted by atomic mass is 9.99. The van der Waals surface area contributed by atoms with Gasteiger partial charge in [-0.25, -0.2) is 4.52 Å². The summed E-state index contributed by atoms with van der Waals surface area (Å²) in [4.78, 5) is 21.7. The number of pyridine rings is 1.